The number of non-ortho nitro benzene ring substituents is 1. The number of nitro groups is 1. The van der Waals surface area contributed by atoms with Gasteiger partial charge >= 0.3 is 12.1 Å². The van der Waals surface area contributed by atoms with E-state index in [-0.39, 0.29) is 30.9 Å². The Bertz CT molecular complexity index is 1190. The molecule has 0 fully saturated rings. The number of alkyl carbamates (subject to hydrolysis) is 1. The minimum absolute atomic E-state index is 0.0517. The molecule has 0 heterocycles. The quantitative estimate of drug-likeness (QED) is 0.224. The third kappa shape index (κ3) is 9.29. The fraction of sp³-hybridized carbons (Fsp3) is 0.286. The van der Waals surface area contributed by atoms with Gasteiger partial charge in [-0.3, -0.25) is 10.1 Å². The summed E-state index contributed by atoms with van der Waals surface area (Å²) in [6, 6.07) is 21.1. The Labute approximate surface area is 215 Å². The van der Waals surface area contributed by atoms with Crippen molar-refractivity contribution >= 4 is 17.7 Å². The molecule has 1 amide bonds. The number of nitrogens with zero attached hydrogens (tertiary/aromatic N) is 1. The van der Waals surface area contributed by atoms with Crippen molar-refractivity contribution in [3.8, 4) is 5.75 Å². The fourth-order valence-corrected chi connectivity index (χ4v) is 3.35. The number of nitrogens with one attached hydrogen (secondary N) is 1. The van der Waals surface area contributed by atoms with Crippen LogP contribution in [0.15, 0.2) is 78.9 Å². The van der Waals surface area contributed by atoms with Crippen molar-refractivity contribution in [2.75, 3.05) is 0 Å². The second kappa shape index (κ2) is 12.5. The van der Waals surface area contributed by atoms with Gasteiger partial charge in [-0.1, -0.05) is 42.5 Å². The standard InChI is InChI=1S/C28H30N2O7/c1-28(2,3)37-24-15-11-20(12-16-24)17-25(29-27(32)36-19-21-7-5-4-6-8-21)26(31)35-18-22-9-13-23(14-10-22)30(33)34/h4-16,25H,17-19H2,1-3H3,(H,29,32). The van der Waals surface area contributed by atoms with Crippen LogP contribution < -0.4 is 10.1 Å². The number of rotatable bonds is 10. The molecule has 0 aliphatic heterocycles. The first-order chi connectivity index (χ1) is 17.6. The van der Waals surface area contributed by atoms with E-state index in [4.69, 9.17) is 14.2 Å². The Morgan fingerprint density at radius 3 is 2.00 bits per heavy atom. The molecule has 0 spiro atoms. The monoisotopic (exact) mass is 506 g/mol. The van der Waals surface area contributed by atoms with E-state index >= 15 is 0 Å². The second-order valence-electron chi connectivity index (χ2n) is 9.35. The molecule has 1 atom stereocenters. The summed E-state index contributed by atoms with van der Waals surface area (Å²) in [5.74, 6) is 0.0220. The number of nitro benzene ring substituents is 1. The first kappa shape index (κ1) is 27.2. The van der Waals surface area contributed by atoms with E-state index in [1.807, 2.05) is 63.2 Å². The van der Waals surface area contributed by atoms with Gasteiger partial charge in [0.25, 0.3) is 5.69 Å². The summed E-state index contributed by atoms with van der Waals surface area (Å²) in [6.07, 6.45) is -0.594. The molecule has 9 heteroatoms. The predicted octanol–water partition coefficient (Wildman–Crippen LogP) is 5.35. The van der Waals surface area contributed by atoms with Gasteiger partial charge < -0.3 is 19.5 Å². The van der Waals surface area contributed by atoms with Crippen molar-refractivity contribution in [3.63, 3.8) is 0 Å². The highest BCUT2D eigenvalue weighted by atomic mass is 16.6. The molecule has 3 aromatic rings. The molecule has 0 saturated carbocycles. The van der Waals surface area contributed by atoms with Crippen molar-refractivity contribution in [1.29, 1.82) is 0 Å². The summed E-state index contributed by atoms with van der Waals surface area (Å²) in [4.78, 5) is 35.7. The van der Waals surface area contributed by atoms with Crippen LogP contribution in [-0.4, -0.2) is 28.6 Å². The minimum Gasteiger partial charge on any atom is -0.488 e. The Hall–Kier alpha value is -4.40. The normalized spacial score (nSPS) is 11.8. The smallest absolute Gasteiger partial charge is 0.408 e. The molecule has 0 aromatic heterocycles. The summed E-state index contributed by atoms with van der Waals surface area (Å²) in [6.45, 7) is 5.79. The van der Waals surface area contributed by atoms with Gasteiger partial charge in [0.05, 0.1) is 4.92 Å². The van der Waals surface area contributed by atoms with E-state index in [1.165, 1.54) is 24.3 Å². The van der Waals surface area contributed by atoms with Gasteiger partial charge in [0.15, 0.2) is 0 Å². The molecule has 0 aliphatic carbocycles. The van der Waals surface area contributed by atoms with E-state index in [0.29, 0.717) is 11.3 Å². The largest absolute Gasteiger partial charge is 0.488 e. The second-order valence-corrected chi connectivity index (χ2v) is 9.35. The lowest BCUT2D eigenvalue weighted by molar-refractivity contribution is -0.384. The Morgan fingerprint density at radius 2 is 1.41 bits per heavy atom. The maximum Gasteiger partial charge on any atom is 0.408 e. The first-order valence-corrected chi connectivity index (χ1v) is 11.7. The molecular formula is C28H30N2O7. The third-order valence-electron chi connectivity index (χ3n) is 5.10. The number of benzene rings is 3. The van der Waals surface area contributed by atoms with Gasteiger partial charge in [0.2, 0.25) is 0 Å². The summed E-state index contributed by atoms with van der Waals surface area (Å²) in [5.41, 5.74) is 1.75. The summed E-state index contributed by atoms with van der Waals surface area (Å²) in [7, 11) is 0. The van der Waals surface area contributed by atoms with Gasteiger partial charge in [0.1, 0.15) is 30.6 Å². The fourth-order valence-electron chi connectivity index (χ4n) is 3.35. The van der Waals surface area contributed by atoms with E-state index in [2.05, 4.69) is 5.32 Å². The number of amides is 1. The average molecular weight is 507 g/mol. The van der Waals surface area contributed by atoms with Crippen LogP contribution >= 0.6 is 0 Å². The minimum atomic E-state index is -1.02. The average Bonchev–Trinajstić information content (AvgIpc) is 2.86. The maximum absolute atomic E-state index is 12.9. The number of carbonyl (C=O) groups excluding carboxylic acids is 2. The van der Waals surface area contributed by atoms with E-state index in [0.717, 1.165) is 11.1 Å². The molecule has 194 valence electrons. The molecule has 3 aromatic carbocycles. The zero-order valence-electron chi connectivity index (χ0n) is 21.0. The third-order valence-corrected chi connectivity index (χ3v) is 5.10. The van der Waals surface area contributed by atoms with Crippen LogP contribution in [0.4, 0.5) is 10.5 Å². The molecule has 1 N–H and O–H groups in total. The molecule has 3 rings (SSSR count). The predicted molar refractivity (Wildman–Crippen MR) is 137 cm³/mol. The number of ether oxygens (including phenoxy) is 3. The van der Waals surface area contributed by atoms with Gasteiger partial charge in [-0.15, -0.1) is 0 Å². The Balaban J connectivity index is 1.66. The summed E-state index contributed by atoms with van der Waals surface area (Å²) in [5, 5.41) is 13.4. The molecule has 0 bridgehead atoms. The molecule has 0 radical (unpaired) electrons. The van der Waals surface area contributed by atoms with Gasteiger partial charge in [-0.05, 0) is 61.7 Å². The molecular weight excluding hydrogens is 476 g/mol. The van der Waals surface area contributed by atoms with Crippen molar-refractivity contribution < 1.29 is 28.7 Å². The number of carbonyl (C=O) groups is 2. The van der Waals surface area contributed by atoms with Crippen molar-refractivity contribution in [2.45, 2.75) is 52.0 Å². The van der Waals surface area contributed by atoms with E-state index < -0.39 is 23.0 Å². The van der Waals surface area contributed by atoms with Crippen LogP contribution in [0.5, 0.6) is 5.75 Å². The summed E-state index contributed by atoms with van der Waals surface area (Å²) >= 11 is 0. The van der Waals surface area contributed by atoms with Crippen LogP contribution in [0.1, 0.15) is 37.5 Å². The lowest BCUT2D eigenvalue weighted by Gasteiger charge is -2.22. The van der Waals surface area contributed by atoms with Crippen LogP contribution in [0, 0.1) is 10.1 Å². The SMILES string of the molecule is CC(C)(C)Oc1ccc(CC(NC(=O)OCc2ccccc2)C(=O)OCc2ccc([N+](=O)[O-])cc2)cc1. The van der Waals surface area contributed by atoms with Crippen LogP contribution in [-0.2, 0) is 33.9 Å². The van der Waals surface area contributed by atoms with Crippen LogP contribution in [0.25, 0.3) is 0 Å². The highest BCUT2D eigenvalue weighted by Crippen LogP contribution is 2.20. The number of hydrogen-bond donors (Lipinski definition) is 1. The maximum atomic E-state index is 12.9. The molecule has 1 unspecified atom stereocenters. The van der Waals surface area contributed by atoms with Gasteiger partial charge in [0, 0.05) is 18.6 Å². The molecule has 0 aliphatic rings. The number of hydrogen-bond acceptors (Lipinski definition) is 7. The van der Waals surface area contributed by atoms with E-state index in [9.17, 15) is 19.7 Å². The lowest BCUT2D eigenvalue weighted by Crippen LogP contribution is -2.43. The first-order valence-electron chi connectivity index (χ1n) is 11.7. The van der Waals surface area contributed by atoms with Crippen molar-refractivity contribution in [2.24, 2.45) is 0 Å². The highest BCUT2D eigenvalue weighted by molar-refractivity contribution is 5.81. The van der Waals surface area contributed by atoms with Crippen LogP contribution in [0.3, 0.4) is 0 Å². The number of esters is 1. The van der Waals surface area contributed by atoms with Crippen molar-refractivity contribution in [1.82, 2.24) is 5.32 Å². The molecule has 9 nitrogen and oxygen atoms in total. The molecule has 37 heavy (non-hydrogen) atoms. The van der Waals surface area contributed by atoms with E-state index in [1.54, 1.807) is 12.1 Å². The highest BCUT2D eigenvalue weighted by Gasteiger charge is 2.24. The molecule has 0 saturated heterocycles. The lowest BCUT2D eigenvalue weighted by atomic mass is 10.1. The van der Waals surface area contributed by atoms with Gasteiger partial charge in [-0.2, -0.15) is 0 Å². The van der Waals surface area contributed by atoms with Crippen LogP contribution in [0.2, 0.25) is 0 Å². The Morgan fingerprint density at radius 1 is 0.838 bits per heavy atom. The topological polar surface area (TPSA) is 117 Å². The van der Waals surface area contributed by atoms with Gasteiger partial charge in [-0.25, -0.2) is 9.59 Å². The zero-order chi connectivity index (χ0) is 26.8. The zero-order valence-corrected chi connectivity index (χ0v) is 21.0. The Kier molecular flexibility index (Phi) is 9.21. The summed E-state index contributed by atoms with van der Waals surface area (Å²) < 4.78 is 16.5. The van der Waals surface area contributed by atoms with Crippen molar-refractivity contribution in [3.05, 3.63) is 106 Å².